The Morgan fingerprint density at radius 3 is 2.36 bits per heavy atom. The zero-order chi connectivity index (χ0) is 10.4. The molecule has 1 aromatic carbocycles. The van der Waals surface area contributed by atoms with Crippen molar-refractivity contribution in [3.8, 4) is 0 Å². The van der Waals surface area contributed by atoms with Crippen LogP contribution in [0.4, 0.5) is 0 Å². The SMILES string of the molecule is CC(Cc1ccccc1)=NN=C(N)N. The molecule has 4 N–H and O–H groups in total. The van der Waals surface area contributed by atoms with Crippen LogP contribution in [0.15, 0.2) is 40.5 Å². The third-order valence-corrected chi connectivity index (χ3v) is 1.64. The molecule has 0 spiro atoms. The van der Waals surface area contributed by atoms with Crippen molar-refractivity contribution in [1.29, 1.82) is 0 Å². The van der Waals surface area contributed by atoms with E-state index < -0.39 is 0 Å². The molecule has 0 fully saturated rings. The van der Waals surface area contributed by atoms with Crippen LogP contribution in [0.25, 0.3) is 0 Å². The maximum absolute atomic E-state index is 5.15. The van der Waals surface area contributed by atoms with E-state index in [0.717, 1.165) is 12.1 Å². The highest BCUT2D eigenvalue weighted by Gasteiger charge is 1.94. The van der Waals surface area contributed by atoms with E-state index in [1.54, 1.807) is 0 Å². The maximum Gasteiger partial charge on any atom is 0.211 e. The van der Waals surface area contributed by atoms with Gasteiger partial charge in [-0.1, -0.05) is 30.3 Å². The number of nitrogens with two attached hydrogens (primary N) is 2. The van der Waals surface area contributed by atoms with E-state index in [4.69, 9.17) is 11.5 Å². The third kappa shape index (κ3) is 3.71. The Kier molecular flexibility index (Phi) is 3.67. The van der Waals surface area contributed by atoms with Gasteiger partial charge in [0.25, 0.3) is 0 Å². The van der Waals surface area contributed by atoms with Crippen LogP contribution in [0, 0.1) is 0 Å². The van der Waals surface area contributed by atoms with Crippen molar-refractivity contribution in [3.63, 3.8) is 0 Å². The smallest absolute Gasteiger partial charge is 0.211 e. The van der Waals surface area contributed by atoms with E-state index in [0.29, 0.717) is 0 Å². The van der Waals surface area contributed by atoms with Crippen molar-refractivity contribution in [1.82, 2.24) is 0 Å². The predicted octanol–water partition coefficient (Wildman–Crippen LogP) is 0.878. The van der Waals surface area contributed by atoms with Crippen LogP contribution in [0.3, 0.4) is 0 Å². The average molecular weight is 190 g/mol. The second-order valence-corrected chi connectivity index (χ2v) is 3.02. The molecular formula is C10H14N4. The Bertz CT molecular complexity index is 336. The lowest BCUT2D eigenvalue weighted by atomic mass is 10.1. The first kappa shape index (κ1) is 10.2. The lowest BCUT2D eigenvalue weighted by Crippen LogP contribution is -2.22. The van der Waals surface area contributed by atoms with Gasteiger partial charge in [0, 0.05) is 12.1 Å². The molecule has 74 valence electrons. The minimum atomic E-state index is -0.0163. The first-order valence-electron chi connectivity index (χ1n) is 4.34. The number of hydrogen-bond acceptors (Lipinski definition) is 2. The Balaban J connectivity index is 2.62. The van der Waals surface area contributed by atoms with Gasteiger partial charge < -0.3 is 11.5 Å². The van der Waals surface area contributed by atoms with Crippen LogP contribution in [-0.2, 0) is 6.42 Å². The van der Waals surface area contributed by atoms with Crippen molar-refractivity contribution < 1.29 is 0 Å². The minimum Gasteiger partial charge on any atom is -0.369 e. The summed E-state index contributed by atoms with van der Waals surface area (Å²) < 4.78 is 0. The molecule has 1 aromatic rings. The minimum absolute atomic E-state index is 0.0163. The van der Waals surface area contributed by atoms with E-state index in [1.807, 2.05) is 37.3 Å². The number of nitrogens with zero attached hydrogens (tertiary/aromatic N) is 2. The summed E-state index contributed by atoms with van der Waals surface area (Å²) >= 11 is 0. The first-order valence-corrected chi connectivity index (χ1v) is 4.34. The van der Waals surface area contributed by atoms with Gasteiger partial charge in [-0.3, -0.25) is 0 Å². The first-order chi connectivity index (χ1) is 6.68. The fourth-order valence-corrected chi connectivity index (χ4v) is 1.07. The second kappa shape index (κ2) is 5.01. The van der Waals surface area contributed by atoms with Gasteiger partial charge >= 0.3 is 0 Å². The molecule has 0 aliphatic heterocycles. The van der Waals surface area contributed by atoms with Crippen molar-refractivity contribution in [2.24, 2.45) is 21.7 Å². The van der Waals surface area contributed by atoms with Gasteiger partial charge in [-0.2, -0.15) is 5.10 Å². The van der Waals surface area contributed by atoms with Crippen molar-refractivity contribution in [2.75, 3.05) is 0 Å². The molecule has 0 radical (unpaired) electrons. The summed E-state index contributed by atoms with van der Waals surface area (Å²) in [6, 6.07) is 10.0. The highest BCUT2D eigenvalue weighted by molar-refractivity contribution is 5.85. The molecule has 0 aromatic heterocycles. The maximum atomic E-state index is 5.15. The van der Waals surface area contributed by atoms with Crippen LogP contribution in [0.5, 0.6) is 0 Å². The largest absolute Gasteiger partial charge is 0.369 e. The summed E-state index contributed by atoms with van der Waals surface area (Å²) in [5, 5.41) is 7.45. The topological polar surface area (TPSA) is 76.8 Å². The van der Waals surface area contributed by atoms with E-state index in [9.17, 15) is 0 Å². The lowest BCUT2D eigenvalue weighted by Gasteiger charge is -1.98. The summed E-state index contributed by atoms with van der Waals surface area (Å²) in [7, 11) is 0. The van der Waals surface area contributed by atoms with E-state index in [1.165, 1.54) is 5.56 Å². The molecule has 0 saturated carbocycles. The zero-order valence-corrected chi connectivity index (χ0v) is 8.14. The Labute approximate surface area is 83.3 Å². The number of benzene rings is 1. The molecule has 1 rings (SSSR count). The molecule has 14 heavy (non-hydrogen) atoms. The molecule has 0 bridgehead atoms. The normalized spacial score (nSPS) is 11.1. The van der Waals surface area contributed by atoms with E-state index in [-0.39, 0.29) is 5.96 Å². The van der Waals surface area contributed by atoms with E-state index >= 15 is 0 Å². The summed E-state index contributed by atoms with van der Waals surface area (Å²) in [6.07, 6.45) is 0.762. The van der Waals surface area contributed by atoms with Crippen LogP contribution in [0.1, 0.15) is 12.5 Å². The molecule has 0 saturated heterocycles. The predicted molar refractivity (Wildman–Crippen MR) is 59.1 cm³/mol. The van der Waals surface area contributed by atoms with Crippen molar-refractivity contribution in [2.45, 2.75) is 13.3 Å². The van der Waals surface area contributed by atoms with Gasteiger partial charge in [-0.25, -0.2) is 0 Å². The molecule has 4 heteroatoms. The molecule has 4 nitrogen and oxygen atoms in total. The van der Waals surface area contributed by atoms with Crippen LogP contribution in [0.2, 0.25) is 0 Å². The molecule has 0 amide bonds. The number of hydrogen-bond donors (Lipinski definition) is 2. The summed E-state index contributed by atoms with van der Waals surface area (Å²) in [6.45, 7) is 1.89. The fraction of sp³-hybridized carbons (Fsp3) is 0.200. The summed E-state index contributed by atoms with van der Waals surface area (Å²) in [5.74, 6) is -0.0163. The monoisotopic (exact) mass is 190 g/mol. The third-order valence-electron chi connectivity index (χ3n) is 1.64. The number of rotatable bonds is 3. The fourth-order valence-electron chi connectivity index (χ4n) is 1.07. The molecule has 0 unspecified atom stereocenters. The van der Waals surface area contributed by atoms with Gasteiger partial charge in [-0.05, 0) is 12.5 Å². The van der Waals surface area contributed by atoms with Crippen molar-refractivity contribution in [3.05, 3.63) is 35.9 Å². The van der Waals surface area contributed by atoms with Crippen LogP contribution < -0.4 is 11.5 Å². The molecule has 0 heterocycles. The zero-order valence-electron chi connectivity index (χ0n) is 8.14. The quantitative estimate of drug-likeness (QED) is 0.421. The van der Waals surface area contributed by atoms with Gasteiger partial charge in [0.2, 0.25) is 5.96 Å². The number of guanidine groups is 1. The Morgan fingerprint density at radius 2 is 1.79 bits per heavy atom. The molecule has 0 aliphatic carbocycles. The standard InChI is InChI=1S/C10H14N4/c1-8(13-14-10(11)12)7-9-5-3-2-4-6-9/h2-6H,7H2,1H3,(H4,11,12,14). The highest BCUT2D eigenvalue weighted by atomic mass is 15.3. The van der Waals surface area contributed by atoms with Gasteiger partial charge in [0.05, 0.1) is 0 Å². The van der Waals surface area contributed by atoms with Crippen LogP contribution >= 0.6 is 0 Å². The second-order valence-electron chi connectivity index (χ2n) is 3.02. The molecule has 0 aliphatic rings. The Morgan fingerprint density at radius 1 is 1.14 bits per heavy atom. The molecular weight excluding hydrogens is 176 g/mol. The average Bonchev–Trinajstić information content (AvgIpc) is 2.16. The summed E-state index contributed by atoms with van der Waals surface area (Å²) in [5.41, 5.74) is 12.4. The van der Waals surface area contributed by atoms with Gasteiger partial charge in [0.1, 0.15) is 0 Å². The summed E-state index contributed by atoms with van der Waals surface area (Å²) in [4.78, 5) is 0. The Hall–Kier alpha value is -1.84. The van der Waals surface area contributed by atoms with Gasteiger partial charge in [0.15, 0.2) is 0 Å². The highest BCUT2D eigenvalue weighted by Crippen LogP contribution is 2.00. The van der Waals surface area contributed by atoms with E-state index in [2.05, 4.69) is 10.2 Å². The lowest BCUT2D eigenvalue weighted by molar-refractivity contribution is 1.16. The molecule has 0 atom stereocenters. The van der Waals surface area contributed by atoms with Gasteiger partial charge in [-0.15, -0.1) is 5.10 Å². The van der Waals surface area contributed by atoms with Crippen molar-refractivity contribution >= 4 is 11.7 Å². The van der Waals surface area contributed by atoms with Crippen LogP contribution in [-0.4, -0.2) is 11.7 Å².